The van der Waals surface area contributed by atoms with Gasteiger partial charge in [-0.15, -0.1) is 11.3 Å². The van der Waals surface area contributed by atoms with E-state index in [4.69, 9.17) is 0 Å². The molecule has 2 aromatic heterocycles. The van der Waals surface area contributed by atoms with Gasteiger partial charge in [-0.25, -0.2) is 0 Å². The number of carbonyl (C=O) groups is 1. The van der Waals surface area contributed by atoms with E-state index in [1.807, 2.05) is 36.8 Å². The van der Waals surface area contributed by atoms with Crippen molar-refractivity contribution in [1.29, 1.82) is 0 Å². The van der Waals surface area contributed by atoms with Crippen LogP contribution in [-0.4, -0.2) is 45.9 Å². The molecule has 5 heteroatoms. The van der Waals surface area contributed by atoms with Crippen LogP contribution in [0.3, 0.4) is 0 Å². The molecule has 0 spiro atoms. The lowest BCUT2D eigenvalue weighted by atomic mass is 10.1. The first kappa shape index (κ1) is 14.8. The molecule has 0 N–H and O–H groups in total. The molecular weight excluding hydrogens is 306 g/mol. The van der Waals surface area contributed by atoms with Crippen molar-refractivity contribution in [3.8, 4) is 0 Å². The van der Waals surface area contributed by atoms with Crippen molar-refractivity contribution in [1.82, 2.24) is 14.8 Å². The fourth-order valence-corrected chi connectivity index (χ4v) is 4.85. The maximum Gasteiger partial charge on any atom is 0.264 e. The standard InChI is InChI=1S/C18H21N3OS/c1-13-6-10-23-17(13)18(22)21-9-5-15-16(21)4-8-20(15)12-14-3-2-7-19-11-14/h2-3,6-7,10-11,15-16H,4-5,8-9,12H2,1H3/t15-,16+/m1/s1. The van der Waals surface area contributed by atoms with E-state index in [1.165, 1.54) is 5.56 Å². The molecule has 2 aliphatic rings. The number of rotatable bonds is 3. The summed E-state index contributed by atoms with van der Waals surface area (Å²) >= 11 is 1.57. The Bertz CT molecular complexity index is 699. The molecule has 120 valence electrons. The van der Waals surface area contributed by atoms with Gasteiger partial charge >= 0.3 is 0 Å². The number of hydrogen-bond acceptors (Lipinski definition) is 4. The Hall–Kier alpha value is -1.72. The fourth-order valence-electron chi connectivity index (χ4n) is 3.97. The topological polar surface area (TPSA) is 36.4 Å². The third-order valence-electron chi connectivity index (χ3n) is 5.12. The Kier molecular flexibility index (Phi) is 3.91. The van der Waals surface area contributed by atoms with Gasteiger partial charge in [0.1, 0.15) is 0 Å². The minimum Gasteiger partial charge on any atom is -0.333 e. The molecule has 0 bridgehead atoms. The highest BCUT2D eigenvalue weighted by molar-refractivity contribution is 7.12. The van der Waals surface area contributed by atoms with E-state index in [0.29, 0.717) is 12.1 Å². The summed E-state index contributed by atoms with van der Waals surface area (Å²) in [6, 6.07) is 7.04. The van der Waals surface area contributed by atoms with E-state index in [2.05, 4.69) is 20.9 Å². The molecule has 2 saturated heterocycles. The summed E-state index contributed by atoms with van der Waals surface area (Å²) in [5, 5.41) is 2.01. The van der Waals surface area contributed by atoms with Crippen molar-refractivity contribution in [2.24, 2.45) is 0 Å². The van der Waals surface area contributed by atoms with E-state index < -0.39 is 0 Å². The SMILES string of the molecule is Cc1ccsc1C(=O)N1CC[C@@H]2[C@@H]1CCN2Cc1cccnc1. The van der Waals surface area contributed by atoms with Crippen LogP contribution in [0.4, 0.5) is 0 Å². The monoisotopic (exact) mass is 327 g/mol. The zero-order valence-electron chi connectivity index (χ0n) is 13.3. The average molecular weight is 327 g/mol. The fraction of sp³-hybridized carbons (Fsp3) is 0.444. The quantitative estimate of drug-likeness (QED) is 0.870. The largest absolute Gasteiger partial charge is 0.333 e. The number of fused-ring (bicyclic) bond motifs is 1. The number of carbonyl (C=O) groups excluding carboxylic acids is 1. The van der Waals surface area contributed by atoms with Crippen LogP contribution in [0.1, 0.15) is 33.6 Å². The lowest BCUT2D eigenvalue weighted by Gasteiger charge is -2.25. The Morgan fingerprint density at radius 1 is 1.30 bits per heavy atom. The second-order valence-electron chi connectivity index (χ2n) is 6.48. The minimum atomic E-state index is 0.230. The van der Waals surface area contributed by atoms with Crippen LogP contribution in [0.2, 0.25) is 0 Å². The van der Waals surface area contributed by atoms with Gasteiger partial charge in [0.15, 0.2) is 0 Å². The summed E-state index contributed by atoms with van der Waals surface area (Å²) in [5.41, 5.74) is 2.36. The molecule has 0 radical (unpaired) electrons. The molecule has 2 aromatic rings. The number of amides is 1. The summed E-state index contributed by atoms with van der Waals surface area (Å²) in [4.78, 5) is 22.6. The van der Waals surface area contributed by atoms with Crippen LogP contribution in [0.5, 0.6) is 0 Å². The van der Waals surface area contributed by atoms with Gasteiger partial charge in [0.05, 0.1) is 4.88 Å². The Labute approximate surface area is 140 Å². The Balaban J connectivity index is 1.48. The Morgan fingerprint density at radius 2 is 2.17 bits per heavy atom. The highest BCUT2D eigenvalue weighted by Crippen LogP contribution is 2.34. The lowest BCUT2D eigenvalue weighted by molar-refractivity contribution is 0.0736. The smallest absolute Gasteiger partial charge is 0.264 e. The zero-order chi connectivity index (χ0) is 15.8. The van der Waals surface area contributed by atoms with Crippen LogP contribution in [-0.2, 0) is 6.54 Å². The third kappa shape index (κ3) is 2.68. The highest BCUT2D eigenvalue weighted by atomic mass is 32.1. The van der Waals surface area contributed by atoms with E-state index in [9.17, 15) is 4.79 Å². The van der Waals surface area contributed by atoms with E-state index >= 15 is 0 Å². The van der Waals surface area contributed by atoms with Crippen LogP contribution < -0.4 is 0 Å². The van der Waals surface area contributed by atoms with Gasteiger partial charge < -0.3 is 4.90 Å². The molecule has 4 rings (SSSR count). The molecule has 1 amide bonds. The predicted molar refractivity (Wildman–Crippen MR) is 91.5 cm³/mol. The number of likely N-dealkylation sites (tertiary alicyclic amines) is 2. The van der Waals surface area contributed by atoms with Crippen LogP contribution >= 0.6 is 11.3 Å². The summed E-state index contributed by atoms with van der Waals surface area (Å²) in [6.45, 7) is 4.92. The second-order valence-corrected chi connectivity index (χ2v) is 7.39. The third-order valence-corrected chi connectivity index (χ3v) is 6.12. The van der Waals surface area contributed by atoms with Crippen LogP contribution in [0, 0.1) is 6.92 Å². The number of aryl methyl sites for hydroxylation is 1. The molecular formula is C18H21N3OS. The molecule has 4 nitrogen and oxygen atoms in total. The van der Waals surface area contributed by atoms with Crippen molar-refractivity contribution in [3.63, 3.8) is 0 Å². The average Bonchev–Trinajstić information content (AvgIpc) is 3.25. The number of hydrogen-bond donors (Lipinski definition) is 0. The van der Waals surface area contributed by atoms with Crippen LogP contribution in [0.25, 0.3) is 0 Å². The van der Waals surface area contributed by atoms with Gasteiger partial charge in [-0.3, -0.25) is 14.7 Å². The molecule has 0 aliphatic carbocycles. The number of pyridine rings is 1. The first-order chi connectivity index (χ1) is 11.2. The number of aromatic nitrogens is 1. The van der Waals surface area contributed by atoms with Gasteiger partial charge in [-0.1, -0.05) is 6.07 Å². The second kappa shape index (κ2) is 6.06. The summed E-state index contributed by atoms with van der Waals surface area (Å²) < 4.78 is 0. The first-order valence-electron chi connectivity index (χ1n) is 8.22. The molecule has 0 aromatic carbocycles. The van der Waals surface area contributed by atoms with Crippen molar-refractivity contribution in [2.75, 3.05) is 13.1 Å². The first-order valence-corrected chi connectivity index (χ1v) is 9.10. The lowest BCUT2D eigenvalue weighted by Crippen LogP contribution is -2.39. The van der Waals surface area contributed by atoms with E-state index in [-0.39, 0.29) is 5.91 Å². The maximum atomic E-state index is 12.8. The molecule has 2 atom stereocenters. The van der Waals surface area contributed by atoms with Crippen molar-refractivity contribution in [2.45, 2.75) is 38.4 Å². The van der Waals surface area contributed by atoms with E-state index in [0.717, 1.165) is 42.9 Å². The molecule has 0 unspecified atom stereocenters. The summed E-state index contributed by atoms with van der Waals surface area (Å²) in [7, 11) is 0. The molecule has 2 fully saturated rings. The summed E-state index contributed by atoms with van der Waals surface area (Å²) in [6.07, 6.45) is 5.93. The zero-order valence-corrected chi connectivity index (χ0v) is 14.1. The molecule has 4 heterocycles. The van der Waals surface area contributed by atoms with Gasteiger partial charge in [0.2, 0.25) is 0 Å². The minimum absolute atomic E-state index is 0.230. The highest BCUT2D eigenvalue weighted by Gasteiger charge is 2.44. The molecule has 2 aliphatic heterocycles. The molecule has 0 saturated carbocycles. The number of thiophene rings is 1. The van der Waals surface area contributed by atoms with Gasteiger partial charge in [0, 0.05) is 44.1 Å². The molecule has 23 heavy (non-hydrogen) atoms. The van der Waals surface area contributed by atoms with Gasteiger partial charge in [-0.2, -0.15) is 0 Å². The van der Waals surface area contributed by atoms with Crippen molar-refractivity contribution >= 4 is 17.2 Å². The van der Waals surface area contributed by atoms with Crippen LogP contribution in [0.15, 0.2) is 36.0 Å². The van der Waals surface area contributed by atoms with E-state index in [1.54, 1.807) is 11.3 Å². The van der Waals surface area contributed by atoms with Gasteiger partial charge in [0.25, 0.3) is 5.91 Å². The predicted octanol–water partition coefficient (Wildman–Crippen LogP) is 2.94. The summed E-state index contributed by atoms with van der Waals surface area (Å²) in [5.74, 6) is 0.230. The number of nitrogens with zero attached hydrogens (tertiary/aromatic N) is 3. The van der Waals surface area contributed by atoms with Crippen molar-refractivity contribution in [3.05, 3.63) is 52.0 Å². The van der Waals surface area contributed by atoms with Gasteiger partial charge in [-0.05, 0) is 48.4 Å². The maximum absolute atomic E-state index is 12.8. The van der Waals surface area contributed by atoms with Crippen molar-refractivity contribution < 1.29 is 4.79 Å². The normalized spacial score (nSPS) is 24.1. The Morgan fingerprint density at radius 3 is 2.91 bits per heavy atom.